The van der Waals surface area contributed by atoms with Crippen LogP contribution in [0.3, 0.4) is 0 Å². The van der Waals surface area contributed by atoms with Crippen LogP contribution in [0.25, 0.3) is 0 Å². The molecule has 11 N–H and O–H groups in total. The molecule has 3 atom stereocenters. The number of H-pyrrole nitrogens is 1. The largest absolute Gasteiger partial charge is 0.480 e. The van der Waals surface area contributed by atoms with Crippen molar-refractivity contribution in [2.75, 3.05) is 13.1 Å². The third kappa shape index (κ3) is 10.5. The second-order valence-electron chi connectivity index (χ2n) is 7.74. The molecular weight excluding hydrogens is 434 g/mol. The Balaban J connectivity index is 2.57. The molecule has 0 bridgehead atoms. The summed E-state index contributed by atoms with van der Waals surface area (Å²) in [6.45, 7) is 3.21. The van der Waals surface area contributed by atoms with Gasteiger partial charge in [-0.25, -0.2) is 9.78 Å². The molecule has 14 nitrogen and oxygen atoms in total. The number of carbonyl (C=O) groups is 4. The zero-order valence-corrected chi connectivity index (χ0v) is 18.7. The van der Waals surface area contributed by atoms with Gasteiger partial charge in [-0.05, 0) is 18.8 Å². The third-order valence-electron chi connectivity index (χ3n) is 4.58. The molecule has 1 rings (SSSR count). The fraction of sp³-hybridized carbons (Fsp3) is 0.579. The minimum atomic E-state index is -1.22. The van der Waals surface area contributed by atoms with Crippen LogP contribution in [0, 0.1) is 5.92 Å². The number of aromatic nitrogens is 2. The molecule has 1 aromatic rings. The van der Waals surface area contributed by atoms with Crippen molar-refractivity contribution in [3.8, 4) is 0 Å². The van der Waals surface area contributed by atoms with Crippen LogP contribution in [0.5, 0.6) is 0 Å². The molecule has 3 amide bonds. The quantitative estimate of drug-likeness (QED) is 0.0796. The maximum absolute atomic E-state index is 12.6. The minimum Gasteiger partial charge on any atom is -0.480 e. The Morgan fingerprint density at radius 3 is 2.42 bits per heavy atom. The molecule has 1 aromatic heterocycles. The lowest BCUT2D eigenvalue weighted by molar-refractivity contribution is -0.142. The first-order chi connectivity index (χ1) is 15.5. The van der Waals surface area contributed by atoms with Gasteiger partial charge in [0.2, 0.25) is 17.7 Å². The lowest BCUT2D eigenvalue weighted by atomic mass is 10.0. The lowest BCUT2D eigenvalue weighted by Crippen LogP contribution is -2.55. The number of carbonyl (C=O) groups excluding carboxylic acids is 3. The Morgan fingerprint density at radius 2 is 1.88 bits per heavy atom. The average molecular weight is 468 g/mol. The zero-order chi connectivity index (χ0) is 25.0. The van der Waals surface area contributed by atoms with Crippen LogP contribution >= 0.6 is 0 Å². The number of carboxylic acids is 1. The van der Waals surface area contributed by atoms with Gasteiger partial charge >= 0.3 is 5.97 Å². The molecule has 0 aromatic carbocycles. The van der Waals surface area contributed by atoms with E-state index in [1.807, 2.05) is 0 Å². The number of aliphatic imine (C=N–C) groups is 1. The predicted molar refractivity (Wildman–Crippen MR) is 120 cm³/mol. The summed E-state index contributed by atoms with van der Waals surface area (Å²) in [6.07, 6.45) is 3.64. The highest BCUT2D eigenvalue weighted by Gasteiger charge is 2.28. The molecule has 0 aliphatic rings. The van der Waals surface area contributed by atoms with Gasteiger partial charge in [0.05, 0.1) is 18.9 Å². The summed E-state index contributed by atoms with van der Waals surface area (Å²) in [5, 5.41) is 16.7. The van der Waals surface area contributed by atoms with Crippen LogP contribution in [0.1, 0.15) is 32.4 Å². The molecule has 0 radical (unpaired) electrons. The molecule has 0 fully saturated rings. The molecule has 1 heterocycles. The monoisotopic (exact) mass is 467 g/mol. The summed E-state index contributed by atoms with van der Waals surface area (Å²) in [7, 11) is 0. The molecule has 0 saturated carbocycles. The van der Waals surface area contributed by atoms with E-state index in [-0.39, 0.29) is 31.3 Å². The number of imidazole rings is 1. The maximum atomic E-state index is 12.6. The number of nitrogens with two attached hydrogens (primary N) is 3. The highest BCUT2D eigenvalue weighted by molar-refractivity contribution is 5.92. The number of nitrogens with one attached hydrogen (secondary N) is 4. The van der Waals surface area contributed by atoms with Gasteiger partial charge in [-0.3, -0.25) is 19.4 Å². The van der Waals surface area contributed by atoms with Gasteiger partial charge in [0.15, 0.2) is 5.96 Å². The van der Waals surface area contributed by atoms with Gasteiger partial charge < -0.3 is 43.2 Å². The number of amides is 3. The first kappa shape index (κ1) is 27.4. The van der Waals surface area contributed by atoms with E-state index in [0.29, 0.717) is 12.1 Å². The first-order valence-electron chi connectivity index (χ1n) is 10.4. The van der Waals surface area contributed by atoms with Crippen molar-refractivity contribution in [1.29, 1.82) is 0 Å². The first-order valence-corrected chi connectivity index (χ1v) is 10.4. The SMILES string of the molecule is CC(C)C(NC(=O)CNC(=O)C(N)Cc1cnc[nH]1)C(=O)NC(CCCN=C(N)N)C(=O)O. The number of nitrogens with zero attached hydrogens (tertiary/aromatic N) is 2. The van der Waals surface area contributed by atoms with Gasteiger partial charge in [-0.1, -0.05) is 13.8 Å². The summed E-state index contributed by atoms with van der Waals surface area (Å²) < 4.78 is 0. The normalized spacial score (nSPS) is 13.5. The van der Waals surface area contributed by atoms with Crippen molar-refractivity contribution in [3.63, 3.8) is 0 Å². The van der Waals surface area contributed by atoms with Crippen molar-refractivity contribution >= 4 is 29.7 Å². The van der Waals surface area contributed by atoms with E-state index >= 15 is 0 Å². The third-order valence-corrected chi connectivity index (χ3v) is 4.58. The Hall–Kier alpha value is -3.68. The van der Waals surface area contributed by atoms with Gasteiger partial charge in [-0.2, -0.15) is 0 Å². The fourth-order valence-corrected chi connectivity index (χ4v) is 2.81. The lowest BCUT2D eigenvalue weighted by Gasteiger charge is -2.24. The summed E-state index contributed by atoms with van der Waals surface area (Å²) in [5.41, 5.74) is 16.9. The standard InChI is InChI=1S/C19H33N9O5/c1-10(2)15(17(31)27-13(18(32)33)4-3-5-24-19(21)22)28-14(29)8-25-16(30)12(20)6-11-7-23-9-26-11/h7,9-10,12-13,15H,3-6,8,20H2,1-2H3,(H,23,26)(H,25,30)(H,27,31)(H,28,29)(H,32,33)(H4,21,22,24). The van der Waals surface area contributed by atoms with Crippen LogP contribution in [0.2, 0.25) is 0 Å². The van der Waals surface area contributed by atoms with Crippen molar-refractivity contribution < 1.29 is 24.3 Å². The maximum Gasteiger partial charge on any atom is 0.326 e. The van der Waals surface area contributed by atoms with E-state index in [9.17, 15) is 24.3 Å². The highest BCUT2D eigenvalue weighted by Crippen LogP contribution is 2.05. The smallest absolute Gasteiger partial charge is 0.326 e. The van der Waals surface area contributed by atoms with E-state index in [1.54, 1.807) is 13.8 Å². The van der Waals surface area contributed by atoms with Gasteiger partial charge in [0, 0.05) is 24.9 Å². The van der Waals surface area contributed by atoms with E-state index < -0.39 is 48.4 Å². The number of guanidine groups is 1. The van der Waals surface area contributed by atoms with E-state index in [2.05, 4.69) is 30.9 Å². The van der Waals surface area contributed by atoms with Crippen molar-refractivity contribution in [1.82, 2.24) is 25.9 Å². The van der Waals surface area contributed by atoms with Crippen molar-refractivity contribution in [2.24, 2.45) is 28.1 Å². The second-order valence-corrected chi connectivity index (χ2v) is 7.74. The van der Waals surface area contributed by atoms with E-state index in [4.69, 9.17) is 17.2 Å². The molecule has 0 spiro atoms. The van der Waals surface area contributed by atoms with Crippen LogP contribution in [-0.4, -0.2) is 75.9 Å². The molecule has 0 saturated heterocycles. The second kappa shape index (κ2) is 13.7. The predicted octanol–water partition coefficient (Wildman–Crippen LogP) is -2.84. The van der Waals surface area contributed by atoms with E-state index in [0.717, 1.165) is 0 Å². The molecule has 14 heteroatoms. The Morgan fingerprint density at radius 1 is 1.18 bits per heavy atom. The molecule has 184 valence electrons. The van der Waals surface area contributed by atoms with Gasteiger partial charge in [0.1, 0.15) is 12.1 Å². The van der Waals surface area contributed by atoms with Crippen molar-refractivity contribution in [3.05, 3.63) is 18.2 Å². The number of aromatic amines is 1. The molecule has 0 aliphatic carbocycles. The molecule has 3 unspecified atom stereocenters. The average Bonchev–Trinajstić information content (AvgIpc) is 3.24. The van der Waals surface area contributed by atoms with Crippen LogP contribution in [0.4, 0.5) is 0 Å². The number of hydrogen-bond acceptors (Lipinski definition) is 7. The molecular formula is C19H33N9O5. The van der Waals surface area contributed by atoms with E-state index in [1.165, 1.54) is 12.5 Å². The molecule has 33 heavy (non-hydrogen) atoms. The minimum absolute atomic E-state index is 0.0981. The number of rotatable bonds is 14. The van der Waals surface area contributed by atoms with Gasteiger partial charge in [-0.15, -0.1) is 0 Å². The fourth-order valence-electron chi connectivity index (χ4n) is 2.81. The highest BCUT2D eigenvalue weighted by atomic mass is 16.4. The number of carboxylic acid groups (broad SMARTS) is 1. The Labute approximate surface area is 191 Å². The van der Waals surface area contributed by atoms with Crippen LogP contribution in [0.15, 0.2) is 17.5 Å². The van der Waals surface area contributed by atoms with Crippen LogP contribution < -0.4 is 33.2 Å². The summed E-state index contributed by atoms with van der Waals surface area (Å²) >= 11 is 0. The zero-order valence-electron chi connectivity index (χ0n) is 18.7. The molecule has 0 aliphatic heterocycles. The summed E-state index contributed by atoms with van der Waals surface area (Å²) in [4.78, 5) is 58.9. The summed E-state index contributed by atoms with van der Waals surface area (Å²) in [6, 6.07) is -3.07. The summed E-state index contributed by atoms with van der Waals surface area (Å²) in [5.74, 6) is -3.50. The number of aliphatic carboxylic acids is 1. The van der Waals surface area contributed by atoms with Crippen molar-refractivity contribution in [2.45, 2.75) is 51.2 Å². The van der Waals surface area contributed by atoms with Gasteiger partial charge in [0.25, 0.3) is 0 Å². The topological polar surface area (TPSA) is 244 Å². The Kier molecular flexibility index (Phi) is 11.3. The number of hydrogen-bond donors (Lipinski definition) is 8. The Bertz CT molecular complexity index is 822. The van der Waals surface area contributed by atoms with Crippen LogP contribution in [-0.2, 0) is 25.6 Å².